The molecule has 0 heterocycles. The first-order valence-corrected chi connectivity index (χ1v) is 8.80. The van der Waals surface area contributed by atoms with E-state index in [1.807, 2.05) is 6.26 Å². The molecular weight excluding hydrogens is 346 g/mol. The molecule has 0 unspecified atom stereocenters. The lowest BCUT2D eigenvalue weighted by Gasteiger charge is -2.17. The topological polar surface area (TPSA) is 37.4 Å². The van der Waals surface area contributed by atoms with Crippen LogP contribution in [0.25, 0.3) is 0 Å². The minimum atomic E-state index is -3.49. The second-order valence-electron chi connectivity index (χ2n) is 3.39. The summed E-state index contributed by atoms with van der Waals surface area (Å²) in [5.74, 6) is 0.754. The second kappa shape index (κ2) is 6.43. The van der Waals surface area contributed by atoms with Gasteiger partial charge in [-0.05, 0) is 24.5 Å². The number of halogens is 2. The van der Waals surface area contributed by atoms with Gasteiger partial charge in [0, 0.05) is 23.8 Å². The van der Waals surface area contributed by atoms with Crippen molar-refractivity contribution in [3.05, 3.63) is 27.7 Å². The number of thioether (sulfide) groups is 1. The van der Waals surface area contributed by atoms with Crippen LogP contribution < -0.4 is 0 Å². The SMILES string of the molecule is CSCCN(C)S(=O)(=O)c1ccc(Br)cc1Cl. The van der Waals surface area contributed by atoms with Gasteiger partial charge in [-0.2, -0.15) is 11.8 Å². The maximum Gasteiger partial charge on any atom is 0.244 e. The fourth-order valence-corrected chi connectivity index (χ4v) is 3.94. The van der Waals surface area contributed by atoms with Crippen LogP contribution in [0, 0.1) is 0 Å². The van der Waals surface area contributed by atoms with Crippen molar-refractivity contribution in [2.75, 3.05) is 25.6 Å². The quantitative estimate of drug-likeness (QED) is 0.811. The highest BCUT2D eigenvalue weighted by molar-refractivity contribution is 9.10. The highest BCUT2D eigenvalue weighted by atomic mass is 79.9. The smallest absolute Gasteiger partial charge is 0.207 e. The molecule has 0 aliphatic carbocycles. The van der Waals surface area contributed by atoms with Gasteiger partial charge in [0.05, 0.1) is 5.02 Å². The van der Waals surface area contributed by atoms with Crippen LogP contribution in [0.1, 0.15) is 0 Å². The van der Waals surface area contributed by atoms with Crippen LogP contribution in [0.15, 0.2) is 27.6 Å². The number of benzene rings is 1. The summed E-state index contributed by atoms with van der Waals surface area (Å²) in [4.78, 5) is 0.144. The number of sulfonamides is 1. The Labute approximate surface area is 120 Å². The van der Waals surface area contributed by atoms with Gasteiger partial charge < -0.3 is 0 Å². The van der Waals surface area contributed by atoms with Gasteiger partial charge in [-0.25, -0.2) is 12.7 Å². The predicted octanol–water partition coefficient (Wildman–Crippen LogP) is 3.09. The van der Waals surface area contributed by atoms with E-state index in [1.165, 1.54) is 10.4 Å². The molecular formula is C10H13BrClNO2S2. The Hall–Kier alpha value is 0.250. The summed E-state index contributed by atoms with van der Waals surface area (Å²) in [6, 6.07) is 4.76. The second-order valence-corrected chi connectivity index (χ2v) is 7.72. The molecule has 0 amide bonds. The van der Waals surface area contributed by atoms with Gasteiger partial charge in [0.25, 0.3) is 0 Å². The predicted molar refractivity (Wildman–Crippen MR) is 77.3 cm³/mol. The molecule has 96 valence electrons. The third kappa shape index (κ3) is 3.86. The molecule has 0 spiro atoms. The zero-order valence-electron chi connectivity index (χ0n) is 9.48. The van der Waals surface area contributed by atoms with Crippen molar-refractivity contribution in [1.82, 2.24) is 4.31 Å². The summed E-state index contributed by atoms with van der Waals surface area (Å²) in [6.45, 7) is 0.468. The zero-order valence-corrected chi connectivity index (χ0v) is 13.5. The van der Waals surface area contributed by atoms with Crippen molar-refractivity contribution in [2.45, 2.75) is 4.90 Å². The van der Waals surface area contributed by atoms with Crippen molar-refractivity contribution < 1.29 is 8.42 Å². The van der Waals surface area contributed by atoms with E-state index in [4.69, 9.17) is 11.6 Å². The normalized spacial score (nSPS) is 12.1. The lowest BCUT2D eigenvalue weighted by Crippen LogP contribution is -2.29. The summed E-state index contributed by atoms with van der Waals surface area (Å²) in [5, 5.41) is 0.232. The summed E-state index contributed by atoms with van der Waals surface area (Å²) in [6.07, 6.45) is 1.94. The van der Waals surface area contributed by atoms with E-state index in [2.05, 4.69) is 15.9 Å². The lowest BCUT2D eigenvalue weighted by molar-refractivity contribution is 0.488. The van der Waals surface area contributed by atoms with Crippen LogP contribution in [0.5, 0.6) is 0 Å². The molecule has 1 aromatic rings. The van der Waals surface area contributed by atoms with Gasteiger partial charge in [0.1, 0.15) is 4.90 Å². The van der Waals surface area contributed by atoms with Gasteiger partial charge >= 0.3 is 0 Å². The van der Waals surface area contributed by atoms with Gasteiger partial charge in [0.2, 0.25) is 10.0 Å². The lowest BCUT2D eigenvalue weighted by atomic mass is 10.4. The summed E-state index contributed by atoms with van der Waals surface area (Å²) < 4.78 is 26.4. The Kier molecular flexibility index (Phi) is 5.79. The molecule has 0 aromatic heterocycles. The van der Waals surface area contributed by atoms with Crippen LogP contribution in [0.2, 0.25) is 5.02 Å². The molecule has 0 radical (unpaired) electrons. The Bertz CT molecular complexity index is 493. The van der Waals surface area contributed by atoms with E-state index < -0.39 is 10.0 Å². The molecule has 0 bridgehead atoms. The standard InChI is InChI=1S/C10H13BrClNO2S2/c1-13(5-6-16-2)17(14,15)10-4-3-8(11)7-9(10)12/h3-4,7H,5-6H2,1-2H3. The van der Waals surface area contributed by atoms with Gasteiger partial charge in [0.15, 0.2) is 0 Å². The van der Waals surface area contributed by atoms with E-state index in [-0.39, 0.29) is 9.92 Å². The van der Waals surface area contributed by atoms with Crippen LogP contribution in [-0.4, -0.2) is 38.3 Å². The first-order chi connectivity index (χ1) is 7.89. The molecule has 0 saturated heterocycles. The number of hydrogen-bond acceptors (Lipinski definition) is 3. The van der Waals surface area contributed by atoms with Gasteiger partial charge in [-0.3, -0.25) is 0 Å². The van der Waals surface area contributed by atoms with Crippen LogP contribution >= 0.6 is 39.3 Å². The molecule has 0 saturated carbocycles. The van der Waals surface area contributed by atoms with E-state index >= 15 is 0 Å². The number of rotatable bonds is 5. The maximum absolute atomic E-state index is 12.2. The highest BCUT2D eigenvalue weighted by Crippen LogP contribution is 2.27. The van der Waals surface area contributed by atoms with Crippen molar-refractivity contribution in [2.24, 2.45) is 0 Å². The summed E-state index contributed by atoms with van der Waals surface area (Å²) in [5.41, 5.74) is 0. The molecule has 17 heavy (non-hydrogen) atoms. The molecule has 1 rings (SSSR count). The van der Waals surface area contributed by atoms with Crippen LogP contribution in [-0.2, 0) is 10.0 Å². The average Bonchev–Trinajstić information content (AvgIpc) is 2.25. The largest absolute Gasteiger partial charge is 0.244 e. The van der Waals surface area contributed by atoms with Crippen LogP contribution in [0.4, 0.5) is 0 Å². The molecule has 3 nitrogen and oxygen atoms in total. The van der Waals surface area contributed by atoms with Crippen molar-refractivity contribution in [1.29, 1.82) is 0 Å². The molecule has 0 aliphatic rings. The van der Waals surface area contributed by atoms with E-state index in [9.17, 15) is 8.42 Å². The molecule has 0 atom stereocenters. The van der Waals surface area contributed by atoms with E-state index in [1.54, 1.807) is 30.9 Å². The highest BCUT2D eigenvalue weighted by Gasteiger charge is 2.23. The molecule has 0 N–H and O–H groups in total. The number of nitrogens with zero attached hydrogens (tertiary/aromatic N) is 1. The molecule has 0 fully saturated rings. The Balaban J connectivity index is 3.04. The number of hydrogen-bond donors (Lipinski definition) is 0. The van der Waals surface area contributed by atoms with E-state index in [0.29, 0.717) is 6.54 Å². The third-order valence-corrected chi connectivity index (χ3v) is 5.62. The van der Waals surface area contributed by atoms with Crippen LogP contribution in [0.3, 0.4) is 0 Å². The Morgan fingerprint density at radius 2 is 2.12 bits per heavy atom. The first-order valence-electron chi connectivity index (χ1n) is 4.80. The minimum absolute atomic E-state index is 0.144. The fourth-order valence-electron chi connectivity index (χ4n) is 1.19. The minimum Gasteiger partial charge on any atom is -0.207 e. The first kappa shape index (κ1) is 15.3. The third-order valence-electron chi connectivity index (χ3n) is 2.19. The van der Waals surface area contributed by atoms with Crippen molar-refractivity contribution >= 4 is 49.3 Å². The molecule has 7 heteroatoms. The Morgan fingerprint density at radius 3 is 2.65 bits per heavy atom. The van der Waals surface area contributed by atoms with Gasteiger partial charge in [-0.15, -0.1) is 0 Å². The average molecular weight is 359 g/mol. The fraction of sp³-hybridized carbons (Fsp3) is 0.400. The summed E-state index contributed by atoms with van der Waals surface area (Å²) in [7, 11) is -1.93. The van der Waals surface area contributed by atoms with E-state index in [0.717, 1.165) is 10.2 Å². The zero-order chi connectivity index (χ0) is 13.1. The monoisotopic (exact) mass is 357 g/mol. The molecule has 0 aliphatic heterocycles. The van der Waals surface area contributed by atoms with Crippen molar-refractivity contribution in [3.8, 4) is 0 Å². The van der Waals surface area contributed by atoms with Crippen molar-refractivity contribution in [3.63, 3.8) is 0 Å². The molecule has 1 aromatic carbocycles. The Morgan fingerprint density at radius 1 is 1.47 bits per heavy atom. The maximum atomic E-state index is 12.2. The van der Waals surface area contributed by atoms with Gasteiger partial charge in [-0.1, -0.05) is 27.5 Å². The summed E-state index contributed by atoms with van der Waals surface area (Å²) >= 11 is 10.8.